The maximum Gasteiger partial charge on any atom is 0.274 e. The van der Waals surface area contributed by atoms with Crippen molar-refractivity contribution in [1.82, 2.24) is 9.97 Å². The number of aromatic nitrogens is 2. The predicted octanol–water partition coefficient (Wildman–Crippen LogP) is 4.01. The molecule has 0 unspecified atom stereocenters. The summed E-state index contributed by atoms with van der Waals surface area (Å²) in [7, 11) is 0. The summed E-state index contributed by atoms with van der Waals surface area (Å²) in [6, 6.07) is 7.41. The zero-order valence-electron chi connectivity index (χ0n) is 12.7. The molecular weight excluding hydrogens is 344 g/mol. The number of halogens is 1. The van der Waals surface area contributed by atoms with E-state index in [0.717, 1.165) is 35.1 Å². The summed E-state index contributed by atoms with van der Waals surface area (Å²) in [5, 5.41) is 6.03. The SMILES string of the molecule is CCCCNc1cc(C(=O)Nc2ccc(C)cc2Br)ncn1. The summed E-state index contributed by atoms with van der Waals surface area (Å²) in [6.45, 7) is 4.95. The molecule has 116 valence electrons. The Bertz CT molecular complexity index is 660. The van der Waals surface area contributed by atoms with Crippen LogP contribution in [0.1, 0.15) is 35.8 Å². The smallest absolute Gasteiger partial charge is 0.274 e. The molecule has 0 aliphatic carbocycles. The summed E-state index contributed by atoms with van der Waals surface area (Å²) >= 11 is 3.44. The van der Waals surface area contributed by atoms with E-state index in [1.807, 2.05) is 25.1 Å². The highest BCUT2D eigenvalue weighted by atomic mass is 79.9. The van der Waals surface area contributed by atoms with E-state index in [9.17, 15) is 4.79 Å². The molecule has 1 amide bonds. The zero-order valence-corrected chi connectivity index (χ0v) is 14.3. The number of nitrogens with one attached hydrogen (secondary N) is 2. The van der Waals surface area contributed by atoms with Gasteiger partial charge in [-0.1, -0.05) is 19.4 Å². The number of hydrogen-bond donors (Lipinski definition) is 2. The third-order valence-electron chi connectivity index (χ3n) is 3.11. The van der Waals surface area contributed by atoms with E-state index in [0.29, 0.717) is 11.5 Å². The van der Waals surface area contributed by atoms with Crippen molar-refractivity contribution in [1.29, 1.82) is 0 Å². The van der Waals surface area contributed by atoms with Crippen LogP contribution in [0.15, 0.2) is 35.1 Å². The van der Waals surface area contributed by atoms with Gasteiger partial charge in [-0.3, -0.25) is 4.79 Å². The van der Waals surface area contributed by atoms with E-state index in [1.165, 1.54) is 6.33 Å². The van der Waals surface area contributed by atoms with E-state index < -0.39 is 0 Å². The van der Waals surface area contributed by atoms with Gasteiger partial charge in [0.25, 0.3) is 5.91 Å². The molecule has 0 bridgehead atoms. The number of hydrogen-bond acceptors (Lipinski definition) is 4. The van der Waals surface area contributed by atoms with Crippen LogP contribution < -0.4 is 10.6 Å². The highest BCUT2D eigenvalue weighted by Gasteiger charge is 2.11. The average Bonchev–Trinajstić information content (AvgIpc) is 2.50. The van der Waals surface area contributed by atoms with Crippen LogP contribution in [0.25, 0.3) is 0 Å². The lowest BCUT2D eigenvalue weighted by atomic mass is 10.2. The fourth-order valence-corrected chi connectivity index (χ4v) is 2.47. The number of carbonyl (C=O) groups is 1. The van der Waals surface area contributed by atoms with Crippen LogP contribution in [0.2, 0.25) is 0 Å². The monoisotopic (exact) mass is 362 g/mol. The van der Waals surface area contributed by atoms with Crippen LogP contribution >= 0.6 is 15.9 Å². The maximum atomic E-state index is 12.3. The first-order valence-electron chi connectivity index (χ1n) is 7.23. The summed E-state index contributed by atoms with van der Waals surface area (Å²) < 4.78 is 0.844. The average molecular weight is 363 g/mol. The van der Waals surface area contributed by atoms with Crippen molar-refractivity contribution < 1.29 is 4.79 Å². The van der Waals surface area contributed by atoms with E-state index in [1.54, 1.807) is 6.07 Å². The Labute approximate surface area is 138 Å². The fraction of sp³-hybridized carbons (Fsp3) is 0.312. The number of carbonyl (C=O) groups excluding carboxylic acids is 1. The first-order chi connectivity index (χ1) is 10.6. The van der Waals surface area contributed by atoms with E-state index in [4.69, 9.17) is 0 Å². The molecule has 2 rings (SSSR count). The molecule has 2 aromatic rings. The van der Waals surface area contributed by atoms with Crippen LogP contribution in [-0.2, 0) is 0 Å². The Hall–Kier alpha value is -1.95. The summed E-state index contributed by atoms with van der Waals surface area (Å²) in [5.74, 6) is 0.405. The van der Waals surface area contributed by atoms with Gasteiger partial charge in [-0.25, -0.2) is 9.97 Å². The van der Waals surface area contributed by atoms with Gasteiger partial charge in [0.2, 0.25) is 0 Å². The van der Waals surface area contributed by atoms with Gasteiger partial charge in [-0.05, 0) is 47.0 Å². The van der Waals surface area contributed by atoms with Crippen LogP contribution in [0.5, 0.6) is 0 Å². The molecule has 6 heteroatoms. The van der Waals surface area contributed by atoms with Gasteiger partial charge in [0.15, 0.2) is 0 Å². The first-order valence-corrected chi connectivity index (χ1v) is 8.03. The molecule has 0 fully saturated rings. The van der Waals surface area contributed by atoms with Crippen LogP contribution in [0, 0.1) is 6.92 Å². The van der Waals surface area contributed by atoms with Gasteiger partial charge in [0.05, 0.1) is 5.69 Å². The van der Waals surface area contributed by atoms with Crippen LogP contribution in [0.3, 0.4) is 0 Å². The minimum absolute atomic E-state index is 0.259. The molecule has 5 nitrogen and oxygen atoms in total. The highest BCUT2D eigenvalue weighted by Crippen LogP contribution is 2.23. The van der Waals surface area contributed by atoms with E-state index in [-0.39, 0.29) is 5.91 Å². The lowest BCUT2D eigenvalue weighted by Gasteiger charge is -2.09. The molecule has 22 heavy (non-hydrogen) atoms. The Morgan fingerprint density at radius 2 is 2.09 bits per heavy atom. The van der Waals surface area contributed by atoms with Gasteiger partial charge in [0, 0.05) is 17.1 Å². The predicted molar refractivity (Wildman–Crippen MR) is 92.3 cm³/mol. The van der Waals surface area contributed by atoms with Crippen molar-refractivity contribution in [3.05, 3.63) is 46.3 Å². The number of benzene rings is 1. The van der Waals surface area contributed by atoms with Crippen molar-refractivity contribution in [2.24, 2.45) is 0 Å². The van der Waals surface area contributed by atoms with Crippen molar-refractivity contribution in [2.75, 3.05) is 17.2 Å². The Balaban J connectivity index is 2.07. The minimum Gasteiger partial charge on any atom is -0.370 e. The molecule has 1 aromatic carbocycles. The number of amides is 1. The van der Waals surface area contributed by atoms with E-state index >= 15 is 0 Å². The topological polar surface area (TPSA) is 66.9 Å². The number of unbranched alkanes of at least 4 members (excludes halogenated alkanes) is 1. The van der Waals surface area contributed by atoms with Gasteiger partial charge < -0.3 is 10.6 Å². The second-order valence-electron chi connectivity index (χ2n) is 5.01. The van der Waals surface area contributed by atoms with Gasteiger partial charge in [-0.2, -0.15) is 0 Å². The molecule has 1 heterocycles. The van der Waals surface area contributed by atoms with Crippen molar-refractivity contribution in [3.8, 4) is 0 Å². The Kier molecular flexibility index (Phi) is 5.89. The van der Waals surface area contributed by atoms with Gasteiger partial charge in [0.1, 0.15) is 17.8 Å². The lowest BCUT2D eigenvalue weighted by Crippen LogP contribution is -2.15. The molecule has 0 aliphatic heterocycles. The van der Waals surface area contributed by atoms with E-state index in [2.05, 4.69) is 43.5 Å². The molecule has 0 atom stereocenters. The first kappa shape index (κ1) is 16.4. The fourth-order valence-electron chi connectivity index (χ4n) is 1.88. The van der Waals surface area contributed by atoms with Gasteiger partial charge in [-0.15, -0.1) is 0 Å². The Morgan fingerprint density at radius 3 is 2.82 bits per heavy atom. The third-order valence-corrected chi connectivity index (χ3v) is 3.77. The molecule has 0 aliphatic rings. The second kappa shape index (κ2) is 7.89. The van der Waals surface area contributed by atoms with Crippen molar-refractivity contribution >= 4 is 33.3 Å². The van der Waals surface area contributed by atoms with Crippen LogP contribution in [-0.4, -0.2) is 22.4 Å². The quantitative estimate of drug-likeness (QED) is 0.761. The number of rotatable bonds is 6. The minimum atomic E-state index is -0.259. The summed E-state index contributed by atoms with van der Waals surface area (Å²) in [4.78, 5) is 20.4. The summed E-state index contributed by atoms with van der Waals surface area (Å²) in [6.07, 6.45) is 3.56. The molecular formula is C16H19BrN4O. The third kappa shape index (κ3) is 4.53. The van der Waals surface area contributed by atoms with Gasteiger partial charge >= 0.3 is 0 Å². The lowest BCUT2D eigenvalue weighted by molar-refractivity contribution is 0.102. The maximum absolute atomic E-state index is 12.3. The molecule has 0 radical (unpaired) electrons. The Morgan fingerprint density at radius 1 is 1.27 bits per heavy atom. The zero-order chi connectivity index (χ0) is 15.9. The highest BCUT2D eigenvalue weighted by molar-refractivity contribution is 9.10. The number of aryl methyl sites for hydroxylation is 1. The van der Waals surface area contributed by atoms with Crippen molar-refractivity contribution in [2.45, 2.75) is 26.7 Å². The second-order valence-corrected chi connectivity index (χ2v) is 5.86. The van der Waals surface area contributed by atoms with Crippen molar-refractivity contribution in [3.63, 3.8) is 0 Å². The normalized spacial score (nSPS) is 10.3. The molecule has 2 N–H and O–H groups in total. The molecule has 0 saturated heterocycles. The largest absolute Gasteiger partial charge is 0.370 e. The molecule has 0 saturated carbocycles. The van der Waals surface area contributed by atoms with Crippen LogP contribution in [0.4, 0.5) is 11.5 Å². The molecule has 1 aromatic heterocycles. The molecule has 0 spiro atoms. The number of nitrogens with zero attached hydrogens (tertiary/aromatic N) is 2. The standard InChI is InChI=1S/C16H19BrN4O/c1-3-4-7-18-15-9-14(19-10-20-15)16(22)21-13-6-5-11(2)8-12(13)17/h5-6,8-10H,3-4,7H2,1-2H3,(H,21,22)(H,18,19,20). The number of anilines is 2. The summed E-state index contributed by atoms with van der Waals surface area (Å²) in [5.41, 5.74) is 2.17.